The molecule has 0 bridgehead atoms. The molecule has 0 amide bonds. The number of alkyl halides is 2. The van der Waals surface area contributed by atoms with Gasteiger partial charge in [-0.15, -0.1) is 0 Å². The van der Waals surface area contributed by atoms with Gasteiger partial charge in [-0.05, 0) is 53.6 Å². The third-order valence-corrected chi connectivity index (χ3v) is 4.22. The highest BCUT2D eigenvalue weighted by Gasteiger charge is 2.08. The fourth-order valence-corrected chi connectivity index (χ4v) is 2.71. The molecule has 0 spiro atoms. The summed E-state index contributed by atoms with van der Waals surface area (Å²) in [4.78, 5) is 12.3. The molecule has 4 nitrogen and oxygen atoms in total. The van der Waals surface area contributed by atoms with Gasteiger partial charge in [0.25, 0.3) is 0 Å². The first-order valence-corrected chi connectivity index (χ1v) is 9.17. The zero-order valence-electron chi connectivity index (χ0n) is 16.3. The van der Waals surface area contributed by atoms with Gasteiger partial charge in [-0.2, -0.15) is 8.78 Å². The summed E-state index contributed by atoms with van der Waals surface area (Å²) in [7, 11) is 1.55. The monoisotopic (exact) mass is 410 g/mol. The van der Waals surface area contributed by atoms with Crippen molar-refractivity contribution in [1.82, 2.24) is 0 Å². The topological polar surface area (TPSA) is 44.8 Å². The van der Waals surface area contributed by atoms with E-state index in [-0.39, 0.29) is 11.5 Å². The number of carbonyl (C=O) groups excluding carboxylic acids is 1. The van der Waals surface area contributed by atoms with E-state index in [9.17, 15) is 13.6 Å². The number of methoxy groups -OCH3 is 1. The first kappa shape index (κ1) is 21.0. The number of ether oxygens (including phenoxy) is 3. The van der Waals surface area contributed by atoms with E-state index in [2.05, 4.69) is 4.74 Å². The zero-order chi connectivity index (χ0) is 21.3. The van der Waals surface area contributed by atoms with E-state index in [1.165, 1.54) is 30.3 Å². The summed E-state index contributed by atoms with van der Waals surface area (Å²) in [6, 6.07) is 20.7. The summed E-state index contributed by atoms with van der Waals surface area (Å²) in [6.45, 7) is -2.49. The third kappa shape index (κ3) is 5.91. The van der Waals surface area contributed by atoms with Gasteiger partial charge in [0.2, 0.25) is 0 Å². The summed E-state index contributed by atoms with van der Waals surface area (Å²) >= 11 is 0. The molecule has 0 aliphatic heterocycles. The molecule has 0 fully saturated rings. The fourth-order valence-electron chi connectivity index (χ4n) is 2.71. The lowest BCUT2D eigenvalue weighted by molar-refractivity contribution is -0.0498. The van der Waals surface area contributed by atoms with E-state index >= 15 is 0 Å². The minimum absolute atomic E-state index is 0.00126. The van der Waals surface area contributed by atoms with Crippen LogP contribution in [-0.2, 0) is 6.61 Å². The predicted molar refractivity (Wildman–Crippen MR) is 110 cm³/mol. The number of rotatable bonds is 9. The van der Waals surface area contributed by atoms with Gasteiger partial charge in [-0.3, -0.25) is 4.79 Å². The van der Waals surface area contributed by atoms with Crippen LogP contribution in [0, 0.1) is 0 Å². The van der Waals surface area contributed by atoms with E-state index in [0.717, 1.165) is 11.1 Å². The van der Waals surface area contributed by atoms with Crippen molar-refractivity contribution >= 4 is 11.9 Å². The van der Waals surface area contributed by atoms with Gasteiger partial charge in [0.15, 0.2) is 17.3 Å². The lowest BCUT2D eigenvalue weighted by atomic mass is 10.1. The number of hydrogen-bond acceptors (Lipinski definition) is 4. The van der Waals surface area contributed by atoms with Crippen molar-refractivity contribution in [2.75, 3.05) is 7.11 Å². The standard InChI is InChI=1S/C24H20F2O4/c1-28-23-15-17(8-14-22(23)29-16-18-5-3-2-4-6-18)7-13-21(27)19-9-11-20(12-10-19)30-24(25)26/h2-15,24H,16H2,1H3/b13-7+. The Morgan fingerprint density at radius 3 is 2.37 bits per heavy atom. The minimum atomic E-state index is -2.90. The second kappa shape index (κ2) is 10.2. The van der Waals surface area contributed by atoms with Crippen LogP contribution in [-0.4, -0.2) is 19.5 Å². The van der Waals surface area contributed by atoms with Crippen LogP contribution in [0.3, 0.4) is 0 Å². The molecular formula is C24H20F2O4. The molecule has 0 saturated heterocycles. The van der Waals surface area contributed by atoms with Crippen LogP contribution < -0.4 is 14.2 Å². The third-order valence-electron chi connectivity index (χ3n) is 4.22. The maximum absolute atomic E-state index is 12.3. The van der Waals surface area contributed by atoms with Crippen LogP contribution in [0.4, 0.5) is 8.78 Å². The molecule has 0 heterocycles. The summed E-state index contributed by atoms with van der Waals surface area (Å²) < 4.78 is 39.9. The maximum Gasteiger partial charge on any atom is 0.387 e. The Balaban J connectivity index is 1.65. The van der Waals surface area contributed by atoms with Crippen molar-refractivity contribution in [1.29, 1.82) is 0 Å². The SMILES string of the molecule is COc1cc(/C=C/C(=O)c2ccc(OC(F)F)cc2)ccc1OCc1ccccc1. The number of ketones is 1. The number of carbonyl (C=O) groups is 1. The first-order chi connectivity index (χ1) is 14.5. The number of benzene rings is 3. The minimum Gasteiger partial charge on any atom is -0.493 e. The Kier molecular flexibility index (Phi) is 7.16. The molecule has 3 aromatic carbocycles. The summed E-state index contributed by atoms with van der Waals surface area (Å²) in [5, 5.41) is 0. The average molecular weight is 410 g/mol. The van der Waals surface area contributed by atoms with Crippen LogP contribution in [0.15, 0.2) is 78.9 Å². The molecule has 0 atom stereocenters. The first-order valence-electron chi connectivity index (χ1n) is 9.17. The quantitative estimate of drug-likeness (QED) is 0.332. The molecule has 0 aliphatic rings. The van der Waals surface area contributed by atoms with Crippen LogP contribution in [0.2, 0.25) is 0 Å². The molecule has 0 N–H and O–H groups in total. The summed E-state index contributed by atoms with van der Waals surface area (Å²) in [5.74, 6) is 0.886. The van der Waals surface area contributed by atoms with E-state index in [0.29, 0.717) is 23.7 Å². The van der Waals surface area contributed by atoms with Gasteiger partial charge in [-0.1, -0.05) is 42.5 Å². The van der Waals surface area contributed by atoms with Gasteiger partial charge < -0.3 is 14.2 Å². The molecule has 3 aromatic rings. The van der Waals surface area contributed by atoms with Crippen molar-refractivity contribution in [2.24, 2.45) is 0 Å². The number of allylic oxidation sites excluding steroid dienone is 1. The molecule has 0 unspecified atom stereocenters. The Hall–Kier alpha value is -3.67. The van der Waals surface area contributed by atoms with Crippen molar-refractivity contribution in [3.05, 3.63) is 95.6 Å². The van der Waals surface area contributed by atoms with Gasteiger partial charge >= 0.3 is 6.61 Å². The average Bonchev–Trinajstić information content (AvgIpc) is 2.77. The zero-order valence-corrected chi connectivity index (χ0v) is 16.3. The molecule has 3 rings (SSSR count). The summed E-state index contributed by atoms with van der Waals surface area (Å²) in [5.41, 5.74) is 2.16. The smallest absolute Gasteiger partial charge is 0.387 e. The fraction of sp³-hybridized carbons (Fsp3) is 0.125. The second-order valence-corrected chi connectivity index (χ2v) is 6.29. The van der Waals surface area contributed by atoms with Gasteiger partial charge in [0.05, 0.1) is 7.11 Å². The van der Waals surface area contributed by atoms with E-state index in [1.807, 2.05) is 36.4 Å². The molecule has 0 aromatic heterocycles. The Morgan fingerprint density at radius 1 is 0.967 bits per heavy atom. The Morgan fingerprint density at radius 2 is 1.70 bits per heavy atom. The highest BCUT2D eigenvalue weighted by atomic mass is 19.3. The van der Waals surface area contributed by atoms with Crippen LogP contribution in [0.25, 0.3) is 6.08 Å². The van der Waals surface area contributed by atoms with E-state index < -0.39 is 6.61 Å². The number of halogens is 2. The maximum atomic E-state index is 12.3. The van der Waals surface area contributed by atoms with Crippen LogP contribution in [0.5, 0.6) is 17.2 Å². The van der Waals surface area contributed by atoms with Crippen molar-refractivity contribution in [2.45, 2.75) is 13.2 Å². The van der Waals surface area contributed by atoms with E-state index in [4.69, 9.17) is 9.47 Å². The van der Waals surface area contributed by atoms with Gasteiger partial charge in [0, 0.05) is 5.56 Å². The molecule has 0 radical (unpaired) electrons. The Bertz CT molecular complexity index is 999. The summed E-state index contributed by atoms with van der Waals surface area (Å²) in [6.07, 6.45) is 3.05. The van der Waals surface area contributed by atoms with Crippen LogP contribution >= 0.6 is 0 Å². The highest BCUT2D eigenvalue weighted by molar-refractivity contribution is 6.06. The van der Waals surface area contributed by atoms with Gasteiger partial charge in [-0.25, -0.2) is 0 Å². The molecule has 30 heavy (non-hydrogen) atoms. The Labute approximate surface area is 173 Å². The molecule has 154 valence electrons. The largest absolute Gasteiger partial charge is 0.493 e. The van der Waals surface area contributed by atoms with Gasteiger partial charge in [0.1, 0.15) is 12.4 Å². The molecule has 0 saturated carbocycles. The van der Waals surface area contributed by atoms with E-state index in [1.54, 1.807) is 25.3 Å². The van der Waals surface area contributed by atoms with Crippen molar-refractivity contribution < 1.29 is 27.8 Å². The normalized spacial score (nSPS) is 10.9. The van der Waals surface area contributed by atoms with Crippen molar-refractivity contribution in [3.63, 3.8) is 0 Å². The second-order valence-electron chi connectivity index (χ2n) is 6.29. The van der Waals surface area contributed by atoms with Crippen molar-refractivity contribution in [3.8, 4) is 17.2 Å². The molecule has 0 aliphatic carbocycles. The number of hydrogen-bond donors (Lipinski definition) is 0. The highest BCUT2D eigenvalue weighted by Crippen LogP contribution is 2.29. The molecule has 6 heteroatoms. The predicted octanol–water partition coefficient (Wildman–Crippen LogP) is 5.77. The lowest BCUT2D eigenvalue weighted by Crippen LogP contribution is -2.02. The molecular weight excluding hydrogens is 390 g/mol. The van der Waals surface area contributed by atoms with Crippen LogP contribution in [0.1, 0.15) is 21.5 Å². The lowest BCUT2D eigenvalue weighted by Gasteiger charge is -2.11.